The van der Waals surface area contributed by atoms with E-state index < -0.39 is 0 Å². The summed E-state index contributed by atoms with van der Waals surface area (Å²) in [4.78, 5) is 18.0. The van der Waals surface area contributed by atoms with Crippen molar-refractivity contribution in [1.82, 2.24) is 24.4 Å². The first kappa shape index (κ1) is 18.3. The van der Waals surface area contributed by atoms with Crippen molar-refractivity contribution in [1.29, 1.82) is 0 Å². The van der Waals surface area contributed by atoms with E-state index in [-0.39, 0.29) is 11.9 Å². The fourth-order valence-electron chi connectivity index (χ4n) is 3.29. The second-order valence-electron chi connectivity index (χ2n) is 6.96. The van der Waals surface area contributed by atoms with Crippen LogP contribution in [0.15, 0.2) is 66.2 Å². The molecule has 3 heterocycles. The number of hydrogen-bond acceptors (Lipinski definition) is 5. The van der Waals surface area contributed by atoms with Crippen LogP contribution < -0.4 is 5.32 Å². The maximum atomic E-state index is 12.8. The molecule has 5 aromatic rings. The van der Waals surface area contributed by atoms with Crippen LogP contribution >= 0.6 is 11.3 Å². The highest BCUT2D eigenvalue weighted by atomic mass is 32.1. The molecule has 0 aliphatic carbocycles. The first-order chi connectivity index (χ1) is 14.6. The molecule has 0 spiro atoms. The molecule has 1 N–H and O–H groups in total. The summed E-state index contributed by atoms with van der Waals surface area (Å²) in [7, 11) is 0. The zero-order chi connectivity index (χ0) is 20.7. The predicted octanol–water partition coefficient (Wildman–Crippen LogP) is 4.51. The van der Waals surface area contributed by atoms with Crippen LogP contribution in [0, 0.1) is 13.8 Å². The third-order valence-corrected chi connectivity index (χ3v) is 5.73. The molecule has 1 amide bonds. The summed E-state index contributed by atoms with van der Waals surface area (Å²) < 4.78 is 3.49. The number of nitrogens with one attached hydrogen (secondary N) is 1. The van der Waals surface area contributed by atoms with Crippen LogP contribution in [0.2, 0.25) is 0 Å². The molecular formula is C22H18N6OS. The van der Waals surface area contributed by atoms with Crippen LogP contribution in [-0.2, 0) is 0 Å². The van der Waals surface area contributed by atoms with E-state index in [1.807, 2.05) is 42.6 Å². The highest BCUT2D eigenvalue weighted by molar-refractivity contribution is 7.15. The monoisotopic (exact) mass is 414 g/mol. The number of carbonyl (C=O) groups excluding carboxylic acids is 1. The third-order valence-electron chi connectivity index (χ3n) is 4.91. The SMILES string of the molecule is Cc1ccc(-c2csc3nc(NC(=O)c4cnn(-c5ccccc5)c4C)nn23)cc1. The van der Waals surface area contributed by atoms with E-state index in [9.17, 15) is 4.79 Å². The van der Waals surface area contributed by atoms with E-state index in [0.717, 1.165) is 27.6 Å². The van der Waals surface area contributed by atoms with Crippen molar-refractivity contribution in [3.8, 4) is 16.9 Å². The number of thiazole rings is 1. The Balaban J connectivity index is 1.42. The Hall–Kier alpha value is -3.78. The van der Waals surface area contributed by atoms with Crippen LogP contribution in [-0.4, -0.2) is 30.3 Å². The van der Waals surface area contributed by atoms with Gasteiger partial charge in [0.15, 0.2) is 0 Å². The predicted molar refractivity (Wildman–Crippen MR) is 117 cm³/mol. The summed E-state index contributed by atoms with van der Waals surface area (Å²) in [6.45, 7) is 3.92. The number of para-hydroxylation sites is 1. The molecule has 0 atom stereocenters. The van der Waals surface area contributed by atoms with Crippen LogP contribution in [0.25, 0.3) is 21.9 Å². The normalized spacial score (nSPS) is 11.1. The smallest absolute Gasteiger partial charge is 0.261 e. The van der Waals surface area contributed by atoms with Crippen molar-refractivity contribution in [2.45, 2.75) is 13.8 Å². The minimum atomic E-state index is -0.287. The van der Waals surface area contributed by atoms with Crippen molar-refractivity contribution >= 4 is 28.2 Å². The average molecular weight is 414 g/mol. The molecule has 0 fully saturated rings. The maximum Gasteiger partial charge on any atom is 0.261 e. The number of aryl methyl sites for hydroxylation is 1. The summed E-state index contributed by atoms with van der Waals surface area (Å²) in [5.74, 6) is -0.0168. The summed E-state index contributed by atoms with van der Waals surface area (Å²) in [5.41, 5.74) is 5.32. The minimum Gasteiger partial charge on any atom is -0.289 e. The van der Waals surface area contributed by atoms with Crippen LogP contribution in [0.4, 0.5) is 5.95 Å². The number of benzene rings is 2. The van der Waals surface area contributed by atoms with Gasteiger partial charge in [-0.05, 0) is 26.0 Å². The number of anilines is 1. The van der Waals surface area contributed by atoms with E-state index in [4.69, 9.17) is 0 Å². The number of carbonyl (C=O) groups is 1. The number of nitrogens with zero attached hydrogens (tertiary/aromatic N) is 5. The van der Waals surface area contributed by atoms with E-state index in [1.165, 1.54) is 16.9 Å². The lowest BCUT2D eigenvalue weighted by molar-refractivity contribution is 0.102. The van der Waals surface area contributed by atoms with Crippen molar-refractivity contribution in [3.05, 3.63) is 83.0 Å². The van der Waals surface area contributed by atoms with Gasteiger partial charge in [0, 0.05) is 10.9 Å². The molecule has 3 aromatic heterocycles. The van der Waals surface area contributed by atoms with Gasteiger partial charge >= 0.3 is 0 Å². The molecule has 8 heteroatoms. The first-order valence-electron chi connectivity index (χ1n) is 9.43. The number of hydrogen-bond donors (Lipinski definition) is 1. The zero-order valence-corrected chi connectivity index (χ0v) is 17.2. The van der Waals surface area contributed by atoms with Gasteiger partial charge in [-0.1, -0.05) is 48.0 Å². The Labute approximate surface area is 176 Å². The average Bonchev–Trinajstić information content (AvgIpc) is 3.43. The van der Waals surface area contributed by atoms with Gasteiger partial charge in [0.25, 0.3) is 11.9 Å². The van der Waals surface area contributed by atoms with Crippen molar-refractivity contribution in [2.24, 2.45) is 0 Å². The van der Waals surface area contributed by atoms with Crippen molar-refractivity contribution in [3.63, 3.8) is 0 Å². The van der Waals surface area contributed by atoms with Gasteiger partial charge in [-0.15, -0.1) is 16.4 Å². The Morgan fingerprint density at radius 2 is 1.80 bits per heavy atom. The summed E-state index contributed by atoms with van der Waals surface area (Å²) in [5, 5.41) is 13.7. The molecular weight excluding hydrogens is 396 g/mol. The maximum absolute atomic E-state index is 12.8. The Kier molecular flexibility index (Phi) is 4.40. The third kappa shape index (κ3) is 3.17. The molecule has 7 nitrogen and oxygen atoms in total. The van der Waals surface area contributed by atoms with Crippen LogP contribution in [0.3, 0.4) is 0 Å². The molecule has 0 saturated carbocycles. The summed E-state index contributed by atoms with van der Waals surface area (Å²) in [6, 6.07) is 17.9. The van der Waals surface area contributed by atoms with E-state index in [1.54, 1.807) is 15.4 Å². The molecule has 0 unspecified atom stereocenters. The lowest BCUT2D eigenvalue weighted by atomic mass is 10.1. The van der Waals surface area contributed by atoms with Gasteiger partial charge in [0.1, 0.15) is 0 Å². The summed E-state index contributed by atoms with van der Waals surface area (Å²) >= 11 is 1.48. The van der Waals surface area contributed by atoms with Gasteiger partial charge in [-0.3, -0.25) is 10.1 Å². The first-order valence-corrected chi connectivity index (χ1v) is 10.3. The molecule has 148 valence electrons. The number of rotatable bonds is 4. The van der Waals surface area contributed by atoms with Crippen LogP contribution in [0.5, 0.6) is 0 Å². The molecule has 0 saturated heterocycles. The molecule has 0 aliphatic rings. The molecule has 0 bridgehead atoms. The van der Waals surface area contributed by atoms with Crippen LogP contribution in [0.1, 0.15) is 21.6 Å². The Bertz CT molecular complexity index is 1350. The largest absolute Gasteiger partial charge is 0.289 e. The molecule has 30 heavy (non-hydrogen) atoms. The minimum absolute atomic E-state index is 0.270. The van der Waals surface area contributed by atoms with Gasteiger partial charge < -0.3 is 0 Å². The Morgan fingerprint density at radius 3 is 2.57 bits per heavy atom. The van der Waals surface area contributed by atoms with Crippen molar-refractivity contribution < 1.29 is 4.79 Å². The van der Waals surface area contributed by atoms with E-state index >= 15 is 0 Å². The van der Waals surface area contributed by atoms with Gasteiger partial charge in [0.2, 0.25) is 4.96 Å². The molecule has 2 aromatic carbocycles. The zero-order valence-electron chi connectivity index (χ0n) is 16.4. The quantitative estimate of drug-likeness (QED) is 0.469. The van der Waals surface area contributed by atoms with Gasteiger partial charge in [0.05, 0.1) is 28.8 Å². The number of fused-ring (bicyclic) bond motifs is 1. The summed E-state index contributed by atoms with van der Waals surface area (Å²) in [6.07, 6.45) is 1.56. The highest BCUT2D eigenvalue weighted by Crippen LogP contribution is 2.26. The van der Waals surface area contributed by atoms with Crippen molar-refractivity contribution in [2.75, 3.05) is 5.32 Å². The fraction of sp³-hybridized carbons (Fsp3) is 0.0909. The van der Waals surface area contributed by atoms with Gasteiger partial charge in [-0.2, -0.15) is 10.1 Å². The number of aromatic nitrogens is 5. The lowest BCUT2D eigenvalue weighted by Crippen LogP contribution is -2.14. The topological polar surface area (TPSA) is 77.1 Å². The Morgan fingerprint density at radius 1 is 1.03 bits per heavy atom. The second kappa shape index (κ2) is 7.23. The van der Waals surface area contributed by atoms with Gasteiger partial charge in [-0.25, -0.2) is 9.20 Å². The molecule has 0 aliphatic heterocycles. The standard InChI is InChI=1S/C22H18N6OS/c1-14-8-10-16(11-9-14)19-13-30-22-25-21(26-28(19)22)24-20(29)18-12-23-27(15(18)2)17-6-4-3-5-7-17/h3-13H,1-2H3,(H,24,26,29). The lowest BCUT2D eigenvalue weighted by Gasteiger charge is -2.05. The van der Waals surface area contributed by atoms with E-state index in [0.29, 0.717) is 5.56 Å². The molecule has 5 rings (SSSR count). The highest BCUT2D eigenvalue weighted by Gasteiger charge is 2.18. The molecule has 0 radical (unpaired) electrons. The van der Waals surface area contributed by atoms with E-state index in [2.05, 4.69) is 51.7 Å². The number of amides is 1. The second-order valence-corrected chi connectivity index (χ2v) is 7.80. The fourth-order valence-corrected chi connectivity index (χ4v) is 4.12.